The molecule has 236 valence electrons. The molecular weight excluding hydrogens is 624 g/mol. The Morgan fingerprint density at radius 1 is 0.449 bits per heavy atom. The van der Waals surface area contributed by atoms with E-state index in [-0.39, 0.29) is 11.5 Å². The lowest BCUT2D eigenvalue weighted by atomic mass is 9.77. The molecule has 6 aromatic carbocycles. The van der Waals surface area contributed by atoms with Crippen LogP contribution in [0.3, 0.4) is 0 Å². The van der Waals surface area contributed by atoms with E-state index in [1.54, 1.807) is 72.8 Å². The van der Waals surface area contributed by atoms with Crippen LogP contribution in [0.1, 0.15) is 54.1 Å². The minimum atomic E-state index is -1.29. The van der Waals surface area contributed by atoms with Crippen LogP contribution in [0.5, 0.6) is 46.0 Å². The summed E-state index contributed by atoms with van der Waals surface area (Å²) in [6.45, 7) is 0. The van der Waals surface area contributed by atoms with Gasteiger partial charge in [0.1, 0.15) is 46.0 Å². The summed E-state index contributed by atoms with van der Waals surface area (Å²) in [6.07, 6.45) is 0. The molecule has 4 heterocycles. The number of hydrogen-bond acceptors (Lipinski definition) is 9. The van der Waals surface area contributed by atoms with Crippen molar-refractivity contribution in [3.63, 3.8) is 0 Å². The van der Waals surface area contributed by atoms with E-state index in [2.05, 4.69) is 0 Å². The molecule has 0 aliphatic carbocycles. The van der Waals surface area contributed by atoms with Gasteiger partial charge in [-0.15, -0.1) is 0 Å². The van der Waals surface area contributed by atoms with Crippen molar-refractivity contribution in [3.05, 3.63) is 166 Å². The van der Waals surface area contributed by atoms with Gasteiger partial charge in [0, 0.05) is 57.6 Å². The molecule has 6 aromatic rings. The summed E-state index contributed by atoms with van der Waals surface area (Å²) in [7, 11) is 0. The van der Waals surface area contributed by atoms with Gasteiger partial charge in [-0.3, -0.25) is 0 Å². The average molecular weight is 647 g/mol. The molecule has 0 fully saturated rings. The van der Waals surface area contributed by atoms with Gasteiger partial charge in [0.05, 0.1) is 11.1 Å². The first-order chi connectivity index (χ1) is 23.8. The Bertz CT molecular complexity index is 2300. The number of phenolic OH excluding ortho intramolecular Hbond substituents is 2. The molecule has 0 aromatic heterocycles. The molecule has 0 saturated heterocycles. The molecule has 4 aliphatic heterocycles. The first kappa shape index (κ1) is 27.4. The third kappa shape index (κ3) is 3.58. The van der Waals surface area contributed by atoms with E-state index in [1.807, 2.05) is 24.3 Å². The summed E-state index contributed by atoms with van der Waals surface area (Å²) in [4.78, 5) is 26.3. The van der Waals surface area contributed by atoms with E-state index in [4.69, 9.17) is 23.7 Å². The fourth-order valence-corrected chi connectivity index (χ4v) is 7.55. The lowest BCUT2D eigenvalue weighted by Gasteiger charge is -2.37. The fourth-order valence-electron chi connectivity index (χ4n) is 7.55. The highest BCUT2D eigenvalue weighted by molar-refractivity contribution is 5.98. The van der Waals surface area contributed by atoms with Crippen molar-refractivity contribution in [1.29, 1.82) is 0 Å². The molecule has 2 spiro atoms. The molecule has 0 amide bonds. The number of ether oxygens (including phenoxy) is 5. The minimum Gasteiger partial charge on any atom is -0.508 e. The van der Waals surface area contributed by atoms with Gasteiger partial charge in [0.25, 0.3) is 0 Å². The smallest absolute Gasteiger partial charge is 0.340 e. The van der Waals surface area contributed by atoms with E-state index in [0.717, 1.165) is 0 Å². The number of carbonyl (C=O) groups is 2. The van der Waals surface area contributed by atoms with Gasteiger partial charge in [-0.05, 0) is 60.7 Å². The van der Waals surface area contributed by atoms with E-state index < -0.39 is 23.1 Å². The van der Waals surface area contributed by atoms with Gasteiger partial charge in [-0.2, -0.15) is 0 Å². The molecule has 0 saturated carbocycles. The van der Waals surface area contributed by atoms with Gasteiger partial charge in [-0.25, -0.2) is 9.59 Å². The topological polar surface area (TPSA) is 121 Å². The largest absolute Gasteiger partial charge is 0.508 e. The number of benzene rings is 6. The molecule has 10 rings (SSSR count). The Morgan fingerprint density at radius 2 is 0.837 bits per heavy atom. The van der Waals surface area contributed by atoms with Gasteiger partial charge in [0.15, 0.2) is 11.2 Å². The van der Waals surface area contributed by atoms with Crippen molar-refractivity contribution in [2.24, 2.45) is 0 Å². The third-order valence-corrected chi connectivity index (χ3v) is 9.57. The molecule has 2 atom stereocenters. The van der Waals surface area contributed by atoms with Crippen molar-refractivity contribution in [1.82, 2.24) is 0 Å². The summed E-state index contributed by atoms with van der Waals surface area (Å²) < 4.78 is 31.3. The van der Waals surface area contributed by atoms with Crippen molar-refractivity contribution in [2.75, 3.05) is 0 Å². The quantitative estimate of drug-likeness (QED) is 0.180. The Balaban J connectivity index is 1.07. The highest BCUT2D eigenvalue weighted by Gasteiger charge is 2.55. The number of hydrogen-bond donors (Lipinski definition) is 2. The van der Waals surface area contributed by atoms with Gasteiger partial charge in [0.2, 0.25) is 0 Å². The second-order valence-corrected chi connectivity index (χ2v) is 12.2. The number of carbonyl (C=O) groups excluding carboxylic acids is 2. The highest BCUT2D eigenvalue weighted by Crippen LogP contribution is 2.59. The van der Waals surface area contributed by atoms with Crippen molar-refractivity contribution >= 4 is 11.9 Å². The first-order valence-corrected chi connectivity index (χ1v) is 15.5. The number of aromatic hydroxyl groups is 2. The molecule has 0 radical (unpaired) electrons. The molecule has 9 nitrogen and oxygen atoms in total. The molecule has 49 heavy (non-hydrogen) atoms. The zero-order valence-electron chi connectivity index (χ0n) is 25.3. The monoisotopic (exact) mass is 646 g/mol. The Morgan fingerprint density at radius 3 is 1.29 bits per heavy atom. The van der Waals surface area contributed by atoms with E-state index in [9.17, 15) is 19.8 Å². The van der Waals surface area contributed by atoms with Crippen LogP contribution in [-0.4, -0.2) is 22.2 Å². The Labute approximate surface area is 278 Å². The zero-order chi connectivity index (χ0) is 33.1. The summed E-state index contributed by atoms with van der Waals surface area (Å²) in [5.74, 6) is 1.36. The molecule has 0 bridgehead atoms. The lowest BCUT2D eigenvalue weighted by Crippen LogP contribution is -2.33. The maximum Gasteiger partial charge on any atom is 0.340 e. The molecular formula is C40H22O9. The van der Waals surface area contributed by atoms with Crippen molar-refractivity contribution in [3.8, 4) is 46.0 Å². The summed E-state index contributed by atoms with van der Waals surface area (Å²) in [6, 6.07) is 34.4. The molecule has 9 heteroatoms. The van der Waals surface area contributed by atoms with Crippen molar-refractivity contribution in [2.45, 2.75) is 11.2 Å². The summed E-state index contributed by atoms with van der Waals surface area (Å²) >= 11 is 0. The standard InChI is InChI=1S/C40H22O9/c41-21-9-13-29-33(17-21)46-35-19-23(11-15-31(35)39(29)27-7-3-1-5-25(27)37(43)48-39)45-24-12-16-32-36(20-24)47-34-18-22(42)10-14-30(34)40(32)28-8-4-2-6-26(28)38(44)49-40/h1-20,41-42H. The maximum atomic E-state index is 13.1. The molecule has 2 unspecified atom stereocenters. The number of esters is 2. The normalized spacial score (nSPS) is 20.1. The Hall–Kier alpha value is -6.74. The van der Waals surface area contributed by atoms with Crippen LogP contribution in [0.15, 0.2) is 121 Å². The minimum absolute atomic E-state index is 0.000322. The predicted molar refractivity (Wildman–Crippen MR) is 173 cm³/mol. The predicted octanol–water partition coefficient (Wildman–Crippen LogP) is 8.03. The van der Waals surface area contributed by atoms with Crippen LogP contribution in [0.25, 0.3) is 0 Å². The average Bonchev–Trinajstić information content (AvgIpc) is 3.56. The van der Waals surface area contributed by atoms with Crippen LogP contribution >= 0.6 is 0 Å². The number of rotatable bonds is 2. The highest BCUT2D eigenvalue weighted by atomic mass is 16.6. The number of fused-ring (bicyclic) bond motifs is 12. The van der Waals surface area contributed by atoms with Crippen LogP contribution in [-0.2, 0) is 20.7 Å². The van der Waals surface area contributed by atoms with Crippen LogP contribution in [0.2, 0.25) is 0 Å². The van der Waals surface area contributed by atoms with E-state index >= 15 is 0 Å². The van der Waals surface area contributed by atoms with Gasteiger partial charge >= 0.3 is 11.9 Å². The van der Waals surface area contributed by atoms with E-state index in [0.29, 0.717) is 79.0 Å². The zero-order valence-corrected chi connectivity index (χ0v) is 25.3. The Kier molecular flexibility index (Phi) is 5.26. The van der Waals surface area contributed by atoms with Gasteiger partial charge in [-0.1, -0.05) is 36.4 Å². The fraction of sp³-hybridized carbons (Fsp3) is 0.0500. The van der Waals surface area contributed by atoms with Crippen molar-refractivity contribution < 1.29 is 43.5 Å². The van der Waals surface area contributed by atoms with Crippen LogP contribution < -0.4 is 14.2 Å². The lowest BCUT2D eigenvalue weighted by molar-refractivity contribution is 0.0214. The summed E-state index contributed by atoms with van der Waals surface area (Å²) in [5, 5.41) is 20.6. The second-order valence-electron chi connectivity index (χ2n) is 12.2. The molecule has 4 aliphatic rings. The third-order valence-electron chi connectivity index (χ3n) is 9.57. The number of phenols is 2. The SMILES string of the molecule is O=C1OC2(c3ccc(O)cc3Oc3cc(Oc4ccc5c(c4)Oc4cc(O)ccc4C54OC(=O)c5ccccc54)ccc32)c2ccccc21. The first-order valence-electron chi connectivity index (χ1n) is 15.5. The van der Waals surface area contributed by atoms with Crippen LogP contribution in [0.4, 0.5) is 0 Å². The summed E-state index contributed by atoms with van der Waals surface area (Å²) in [5.41, 5.74) is 2.06. The van der Waals surface area contributed by atoms with Gasteiger partial charge < -0.3 is 33.9 Å². The maximum absolute atomic E-state index is 13.1. The van der Waals surface area contributed by atoms with Crippen LogP contribution in [0, 0.1) is 0 Å². The van der Waals surface area contributed by atoms with E-state index in [1.165, 1.54) is 24.3 Å². The molecule has 2 N–H and O–H groups in total. The second kappa shape index (κ2) is 9.42.